The first-order valence-corrected chi connectivity index (χ1v) is 5.27. The van der Waals surface area contributed by atoms with Crippen molar-refractivity contribution in [3.63, 3.8) is 0 Å². The van der Waals surface area contributed by atoms with Crippen LogP contribution in [0.4, 0.5) is 0 Å². The molecule has 0 radical (unpaired) electrons. The normalized spacial score (nSPS) is 11.8. The predicted molar refractivity (Wildman–Crippen MR) is 61.1 cm³/mol. The van der Waals surface area contributed by atoms with E-state index in [1.807, 2.05) is 30.3 Å². The second-order valence-electron chi connectivity index (χ2n) is 3.63. The molecule has 0 saturated heterocycles. The highest BCUT2D eigenvalue weighted by atomic mass is 16.5. The van der Waals surface area contributed by atoms with Gasteiger partial charge in [0.2, 0.25) is 0 Å². The van der Waals surface area contributed by atoms with Gasteiger partial charge in [-0.05, 0) is 12.0 Å². The summed E-state index contributed by atoms with van der Waals surface area (Å²) in [4.78, 5) is 21.7. The average Bonchev–Trinajstić information content (AvgIpc) is 2.34. The lowest BCUT2D eigenvalue weighted by Crippen LogP contribution is -2.32. The van der Waals surface area contributed by atoms with Crippen LogP contribution in [0.15, 0.2) is 30.3 Å². The van der Waals surface area contributed by atoms with Crippen LogP contribution in [0.3, 0.4) is 0 Å². The van der Waals surface area contributed by atoms with Gasteiger partial charge >= 0.3 is 11.9 Å². The third-order valence-electron chi connectivity index (χ3n) is 2.20. The fourth-order valence-electron chi connectivity index (χ4n) is 1.23. The van der Waals surface area contributed by atoms with Crippen molar-refractivity contribution in [3.05, 3.63) is 35.9 Å². The number of esters is 1. The first-order chi connectivity index (χ1) is 8.09. The maximum absolute atomic E-state index is 11.4. The van der Waals surface area contributed by atoms with Gasteiger partial charge in [0.1, 0.15) is 12.6 Å². The molecule has 0 amide bonds. The van der Waals surface area contributed by atoms with Crippen molar-refractivity contribution in [2.75, 3.05) is 0 Å². The molecule has 5 nitrogen and oxygen atoms in total. The topological polar surface area (TPSA) is 89.6 Å². The van der Waals surface area contributed by atoms with Gasteiger partial charge in [0.05, 0.1) is 0 Å². The van der Waals surface area contributed by atoms with Crippen LogP contribution in [0.2, 0.25) is 0 Å². The number of hydrogen-bond acceptors (Lipinski definition) is 4. The van der Waals surface area contributed by atoms with Crippen LogP contribution in [0.5, 0.6) is 0 Å². The molecule has 0 bridgehead atoms. The van der Waals surface area contributed by atoms with Gasteiger partial charge in [-0.15, -0.1) is 0 Å². The minimum absolute atomic E-state index is 0.0863. The summed E-state index contributed by atoms with van der Waals surface area (Å²) < 4.78 is 4.97. The van der Waals surface area contributed by atoms with E-state index in [9.17, 15) is 9.59 Å². The average molecular weight is 237 g/mol. The van der Waals surface area contributed by atoms with Crippen LogP contribution in [0.1, 0.15) is 18.4 Å². The number of carboxylic acids is 1. The molecule has 0 aromatic heterocycles. The maximum atomic E-state index is 11.4. The van der Waals surface area contributed by atoms with Crippen molar-refractivity contribution >= 4 is 11.9 Å². The Bertz CT molecular complexity index is 377. The van der Waals surface area contributed by atoms with Gasteiger partial charge in [-0.2, -0.15) is 0 Å². The van der Waals surface area contributed by atoms with Gasteiger partial charge in [0.25, 0.3) is 0 Å². The minimum Gasteiger partial charge on any atom is -0.481 e. The number of carboxylic acid groups (broad SMARTS) is 1. The Hall–Kier alpha value is -1.88. The zero-order chi connectivity index (χ0) is 12.7. The van der Waals surface area contributed by atoms with E-state index in [-0.39, 0.29) is 19.4 Å². The van der Waals surface area contributed by atoms with E-state index in [1.54, 1.807) is 0 Å². The van der Waals surface area contributed by atoms with Gasteiger partial charge in [0, 0.05) is 6.42 Å². The highest BCUT2D eigenvalue weighted by Crippen LogP contribution is 2.03. The molecule has 1 aromatic rings. The number of benzene rings is 1. The second kappa shape index (κ2) is 6.65. The summed E-state index contributed by atoms with van der Waals surface area (Å²) in [6.07, 6.45) is -0.0510. The van der Waals surface area contributed by atoms with E-state index >= 15 is 0 Å². The molecular formula is C12H15NO4. The summed E-state index contributed by atoms with van der Waals surface area (Å²) in [6.45, 7) is 0.153. The van der Waals surface area contributed by atoms with Crippen molar-refractivity contribution in [2.24, 2.45) is 5.73 Å². The fourth-order valence-corrected chi connectivity index (χ4v) is 1.23. The second-order valence-corrected chi connectivity index (χ2v) is 3.63. The van der Waals surface area contributed by atoms with Crippen LogP contribution in [0.25, 0.3) is 0 Å². The van der Waals surface area contributed by atoms with Crippen molar-refractivity contribution in [1.82, 2.24) is 0 Å². The SMILES string of the molecule is NC(CCC(=O)O)C(=O)OCc1ccccc1. The quantitative estimate of drug-likeness (QED) is 0.718. The lowest BCUT2D eigenvalue weighted by Gasteiger charge is -2.10. The molecule has 0 saturated carbocycles. The molecule has 3 N–H and O–H groups in total. The van der Waals surface area contributed by atoms with E-state index < -0.39 is 18.0 Å². The van der Waals surface area contributed by atoms with E-state index in [4.69, 9.17) is 15.6 Å². The Labute approximate surface area is 99.2 Å². The van der Waals surface area contributed by atoms with Crippen molar-refractivity contribution in [2.45, 2.75) is 25.5 Å². The molecular weight excluding hydrogens is 222 g/mol. The van der Waals surface area contributed by atoms with Crippen LogP contribution >= 0.6 is 0 Å². The molecule has 0 aliphatic rings. The standard InChI is InChI=1S/C12H15NO4/c13-10(6-7-11(14)15)12(16)17-8-9-4-2-1-3-5-9/h1-5,10H,6-8,13H2,(H,14,15). The van der Waals surface area contributed by atoms with Gasteiger partial charge < -0.3 is 15.6 Å². The van der Waals surface area contributed by atoms with E-state index in [2.05, 4.69) is 0 Å². The maximum Gasteiger partial charge on any atom is 0.323 e. The van der Waals surface area contributed by atoms with Gasteiger partial charge in [-0.25, -0.2) is 0 Å². The molecule has 0 aliphatic heterocycles. The molecule has 17 heavy (non-hydrogen) atoms. The third kappa shape index (κ3) is 5.12. The third-order valence-corrected chi connectivity index (χ3v) is 2.20. The van der Waals surface area contributed by atoms with Gasteiger partial charge in [-0.1, -0.05) is 30.3 Å². The fraction of sp³-hybridized carbons (Fsp3) is 0.333. The Kier molecular flexibility index (Phi) is 5.16. The zero-order valence-corrected chi connectivity index (χ0v) is 9.33. The first kappa shape index (κ1) is 13.2. The van der Waals surface area contributed by atoms with Crippen molar-refractivity contribution < 1.29 is 19.4 Å². The summed E-state index contributed by atoms with van der Waals surface area (Å²) in [5, 5.41) is 8.44. The minimum atomic E-state index is -0.976. The highest BCUT2D eigenvalue weighted by Gasteiger charge is 2.16. The molecule has 1 unspecified atom stereocenters. The van der Waals surface area contributed by atoms with E-state index in [0.717, 1.165) is 5.56 Å². The predicted octanol–water partition coefficient (Wildman–Crippen LogP) is 0.922. The highest BCUT2D eigenvalue weighted by molar-refractivity contribution is 5.76. The monoisotopic (exact) mass is 237 g/mol. The van der Waals surface area contributed by atoms with Crippen LogP contribution < -0.4 is 5.73 Å². The number of carbonyl (C=O) groups is 2. The Morgan fingerprint density at radius 1 is 1.29 bits per heavy atom. The molecule has 0 aliphatic carbocycles. The number of rotatable bonds is 6. The molecule has 1 atom stereocenters. The van der Waals surface area contributed by atoms with Crippen molar-refractivity contribution in [3.8, 4) is 0 Å². The Balaban J connectivity index is 2.32. The largest absolute Gasteiger partial charge is 0.481 e. The number of nitrogens with two attached hydrogens (primary N) is 1. The Morgan fingerprint density at radius 2 is 1.94 bits per heavy atom. The van der Waals surface area contributed by atoms with E-state index in [0.29, 0.717) is 0 Å². The molecule has 5 heteroatoms. The van der Waals surface area contributed by atoms with E-state index in [1.165, 1.54) is 0 Å². The smallest absolute Gasteiger partial charge is 0.323 e. The molecule has 0 fully saturated rings. The summed E-state index contributed by atoms with van der Waals surface area (Å²) in [5.74, 6) is -1.55. The Morgan fingerprint density at radius 3 is 2.53 bits per heavy atom. The summed E-state index contributed by atoms with van der Waals surface area (Å²) >= 11 is 0. The lowest BCUT2D eigenvalue weighted by molar-refractivity contribution is -0.147. The molecule has 0 spiro atoms. The number of carbonyl (C=O) groups excluding carboxylic acids is 1. The zero-order valence-electron chi connectivity index (χ0n) is 9.33. The summed E-state index contributed by atoms with van der Waals surface area (Å²) in [5.41, 5.74) is 6.36. The summed E-state index contributed by atoms with van der Waals surface area (Å²) in [6, 6.07) is 8.33. The molecule has 92 valence electrons. The molecule has 0 heterocycles. The van der Waals surface area contributed by atoms with Crippen LogP contribution in [0, 0.1) is 0 Å². The van der Waals surface area contributed by atoms with Crippen LogP contribution in [-0.2, 0) is 20.9 Å². The molecule has 1 rings (SSSR count). The van der Waals surface area contributed by atoms with Gasteiger partial charge in [0.15, 0.2) is 0 Å². The summed E-state index contributed by atoms with van der Waals surface area (Å²) in [7, 11) is 0. The first-order valence-electron chi connectivity index (χ1n) is 5.27. The number of hydrogen-bond donors (Lipinski definition) is 2. The number of aliphatic carboxylic acids is 1. The van der Waals surface area contributed by atoms with Crippen LogP contribution in [-0.4, -0.2) is 23.1 Å². The lowest BCUT2D eigenvalue weighted by atomic mass is 10.2. The molecule has 1 aromatic carbocycles. The van der Waals surface area contributed by atoms with Crippen molar-refractivity contribution in [1.29, 1.82) is 0 Å². The van der Waals surface area contributed by atoms with Gasteiger partial charge in [-0.3, -0.25) is 9.59 Å². The number of ether oxygens (including phenoxy) is 1.